The van der Waals surface area contributed by atoms with Crippen LogP contribution in [0, 0.1) is 5.92 Å². The SMILES string of the molecule is CN(C)/C=C(/C(=O)c1cnccc1C(F)(F)F)C(=O)C1CC1. The fraction of sp³-hybridized carbons (Fsp3) is 0.400. The Morgan fingerprint density at radius 1 is 1.32 bits per heavy atom. The molecule has 22 heavy (non-hydrogen) atoms. The summed E-state index contributed by atoms with van der Waals surface area (Å²) in [6.45, 7) is 0. The second kappa shape index (κ2) is 5.90. The highest BCUT2D eigenvalue weighted by atomic mass is 19.4. The average Bonchev–Trinajstić information content (AvgIpc) is 3.26. The molecule has 1 aromatic heterocycles. The molecule has 1 aliphatic rings. The van der Waals surface area contributed by atoms with E-state index in [1.165, 1.54) is 11.1 Å². The minimum atomic E-state index is -4.68. The molecule has 7 heteroatoms. The van der Waals surface area contributed by atoms with Crippen LogP contribution in [0.15, 0.2) is 30.2 Å². The Morgan fingerprint density at radius 2 is 1.95 bits per heavy atom. The van der Waals surface area contributed by atoms with Gasteiger partial charge in [-0.15, -0.1) is 0 Å². The van der Waals surface area contributed by atoms with E-state index >= 15 is 0 Å². The van der Waals surface area contributed by atoms with Crippen LogP contribution < -0.4 is 0 Å². The fourth-order valence-electron chi connectivity index (χ4n) is 2.03. The summed E-state index contributed by atoms with van der Waals surface area (Å²) >= 11 is 0. The summed E-state index contributed by atoms with van der Waals surface area (Å²) in [4.78, 5) is 29.7. The lowest BCUT2D eigenvalue weighted by Crippen LogP contribution is -2.21. The third-order valence-electron chi connectivity index (χ3n) is 3.22. The molecule has 0 aromatic carbocycles. The molecule has 1 heterocycles. The summed E-state index contributed by atoms with van der Waals surface area (Å²) in [7, 11) is 3.20. The molecule has 0 unspecified atom stereocenters. The van der Waals surface area contributed by atoms with Crippen molar-refractivity contribution >= 4 is 11.6 Å². The number of hydrogen-bond donors (Lipinski definition) is 0. The highest BCUT2D eigenvalue weighted by molar-refractivity contribution is 6.27. The van der Waals surface area contributed by atoms with E-state index in [-0.39, 0.29) is 11.5 Å². The zero-order chi connectivity index (χ0) is 16.5. The van der Waals surface area contributed by atoms with E-state index in [1.807, 2.05) is 0 Å². The molecule has 0 amide bonds. The van der Waals surface area contributed by atoms with Gasteiger partial charge >= 0.3 is 6.18 Å². The van der Waals surface area contributed by atoms with E-state index in [4.69, 9.17) is 0 Å². The lowest BCUT2D eigenvalue weighted by atomic mass is 9.96. The topological polar surface area (TPSA) is 50.3 Å². The van der Waals surface area contributed by atoms with Gasteiger partial charge in [-0.2, -0.15) is 13.2 Å². The number of rotatable bonds is 5. The van der Waals surface area contributed by atoms with E-state index in [0.29, 0.717) is 12.8 Å². The first kappa shape index (κ1) is 16.2. The molecule has 0 spiro atoms. The highest BCUT2D eigenvalue weighted by Crippen LogP contribution is 2.35. The van der Waals surface area contributed by atoms with Crippen molar-refractivity contribution in [1.82, 2.24) is 9.88 Å². The van der Waals surface area contributed by atoms with E-state index < -0.39 is 28.9 Å². The van der Waals surface area contributed by atoms with Gasteiger partial charge in [0.15, 0.2) is 11.6 Å². The minimum Gasteiger partial charge on any atom is -0.383 e. The van der Waals surface area contributed by atoms with Crippen LogP contribution in [-0.4, -0.2) is 35.5 Å². The van der Waals surface area contributed by atoms with Crippen molar-refractivity contribution < 1.29 is 22.8 Å². The van der Waals surface area contributed by atoms with Gasteiger partial charge in [0, 0.05) is 38.6 Å². The van der Waals surface area contributed by atoms with Gasteiger partial charge in [-0.1, -0.05) is 0 Å². The molecule has 0 atom stereocenters. The lowest BCUT2D eigenvalue weighted by molar-refractivity contribution is -0.138. The van der Waals surface area contributed by atoms with E-state index in [1.54, 1.807) is 14.1 Å². The van der Waals surface area contributed by atoms with E-state index in [9.17, 15) is 22.8 Å². The summed E-state index contributed by atoms with van der Waals surface area (Å²) in [6, 6.07) is 0.738. The first-order valence-electron chi connectivity index (χ1n) is 6.70. The Hall–Kier alpha value is -2.18. The van der Waals surface area contributed by atoms with Gasteiger partial charge in [0.05, 0.1) is 16.7 Å². The number of nitrogens with zero attached hydrogens (tertiary/aromatic N) is 2. The van der Waals surface area contributed by atoms with Crippen LogP contribution in [0.3, 0.4) is 0 Å². The molecule has 1 saturated carbocycles. The van der Waals surface area contributed by atoms with Gasteiger partial charge in [0.1, 0.15) is 0 Å². The van der Waals surface area contributed by atoms with Crippen LogP contribution in [0.4, 0.5) is 13.2 Å². The van der Waals surface area contributed by atoms with E-state index in [2.05, 4.69) is 4.98 Å². The number of carbonyl (C=O) groups excluding carboxylic acids is 2. The first-order chi connectivity index (χ1) is 10.2. The van der Waals surface area contributed by atoms with Gasteiger partial charge in [-0.25, -0.2) is 0 Å². The third kappa shape index (κ3) is 3.52. The molecule has 4 nitrogen and oxygen atoms in total. The molecule has 1 aromatic rings. The molecule has 0 bridgehead atoms. The van der Waals surface area contributed by atoms with Crippen LogP contribution in [0.5, 0.6) is 0 Å². The van der Waals surface area contributed by atoms with E-state index in [0.717, 1.165) is 18.5 Å². The average molecular weight is 312 g/mol. The highest BCUT2D eigenvalue weighted by Gasteiger charge is 2.39. The first-order valence-corrected chi connectivity index (χ1v) is 6.70. The minimum absolute atomic E-state index is 0.231. The monoisotopic (exact) mass is 312 g/mol. The number of aromatic nitrogens is 1. The van der Waals surface area contributed by atoms with Gasteiger partial charge in [0.2, 0.25) is 0 Å². The molecule has 1 fully saturated rings. The molecule has 1 aliphatic carbocycles. The maximum Gasteiger partial charge on any atom is 0.417 e. The summed E-state index contributed by atoms with van der Waals surface area (Å²) in [5.74, 6) is -1.61. The Kier molecular flexibility index (Phi) is 4.35. The summed E-state index contributed by atoms with van der Waals surface area (Å²) in [5.41, 5.74) is -1.91. The zero-order valence-corrected chi connectivity index (χ0v) is 12.1. The summed E-state index contributed by atoms with van der Waals surface area (Å²) in [5, 5.41) is 0. The predicted molar refractivity (Wildman–Crippen MR) is 73.1 cm³/mol. The predicted octanol–water partition coefficient (Wildman–Crippen LogP) is 2.71. The van der Waals surface area contributed by atoms with Crippen molar-refractivity contribution in [3.8, 4) is 0 Å². The van der Waals surface area contributed by atoms with Gasteiger partial charge in [-0.3, -0.25) is 14.6 Å². The number of pyridine rings is 1. The number of halogens is 3. The van der Waals surface area contributed by atoms with Gasteiger partial charge < -0.3 is 4.90 Å². The van der Waals surface area contributed by atoms with Crippen LogP contribution in [-0.2, 0) is 11.0 Å². The van der Waals surface area contributed by atoms with Crippen LogP contribution >= 0.6 is 0 Å². The molecular formula is C15H15F3N2O2. The smallest absolute Gasteiger partial charge is 0.383 e. The number of alkyl halides is 3. The molecular weight excluding hydrogens is 297 g/mol. The largest absolute Gasteiger partial charge is 0.417 e. The lowest BCUT2D eigenvalue weighted by Gasteiger charge is -2.14. The van der Waals surface area contributed by atoms with Gasteiger partial charge in [-0.05, 0) is 18.9 Å². The number of hydrogen-bond acceptors (Lipinski definition) is 4. The zero-order valence-electron chi connectivity index (χ0n) is 12.1. The fourth-order valence-corrected chi connectivity index (χ4v) is 2.03. The quantitative estimate of drug-likeness (QED) is 0.363. The standard InChI is InChI=1S/C15H15F3N2O2/c1-20(2)8-11(13(21)9-3-4-9)14(22)10-7-19-6-5-12(10)15(16,17)18/h5-9H,3-4H2,1-2H3/b11-8+. The maximum absolute atomic E-state index is 13.0. The van der Waals surface area contributed by atoms with Crippen LogP contribution in [0.25, 0.3) is 0 Å². The molecule has 0 N–H and O–H groups in total. The number of ketones is 2. The Labute approximate surface area is 125 Å². The molecule has 118 valence electrons. The number of Topliss-reactive ketones (excluding diaryl/α,β-unsaturated/α-hetero) is 2. The van der Waals surface area contributed by atoms with Crippen molar-refractivity contribution in [2.24, 2.45) is 5.92 Å². The number of carbonyl (C=O) groups is 2. The second-order valence-corrected chi connectivity index (χ2v) is 5.39. The molecule has 0 radical (unpaired) electrons. The second-order valence-electron chi connectivity index (χ2n) is 5.39. The molecule has 0 aliphatic heterocycles. The summed E-state index contributed by atoms with van der Waals surface area (Å²) < 4.78 is 39.0. The van der Waals surface area contributed by atoms with Crippen molar-refractivity contribution in [1.29, 1.82) is 0 Å². The van der Waals surface area contributed by atoms with Crippen molar-refractivity contribution in [3.05, 3.63) is 41.4 Å². The Bertz CT molecular complexity index is 632. The molecule has 0 saturated heterocycles. The van der Waals surface area contributed by atoms with Gasteiger partial charge in [0.25, 0.3) is 0 Å². The van der Waals surface area contributed by atoms with Crippen molar-refractivity contribution in [2.75, 3.05) is 14.1 Å². The summed E-state index contributed by atoms with van der Waals surface area (Å²) in [6.07, 6.45) is -0.255. The number of allylic oxidation sites excluding steroid dienone is 1. The Morgan fingerprint density at radius 3 is 2.45 bits per heavy atom. The van der Waals surface area contributed by atoms with Crippen LogP contribution in [0.1, 0.15) is 28.8 Å². The van der Waals surface area contributed by atoms with Crippen LogP contribution in [0.2, 0.25) is 0 Å². The Balaban J connectivity index is 2.46. The molecule has 2 rings (SSSR count). The van der Waals surface area contributed by atoms with Crippen molar-refractivity contribution in [3.63, 3.8) is 0 Å². The maximum atomic E-state index is 13.0. The third-order valence-corrected chi connectivity index (χ3v) is 3.22. The normalized spacial score (nSPS) is 15.6. The van der Waals surface area contributed by atoms with Crippen molar-refractivity contribution in [2.45, 2.75) is 19.0 Å².